The van der Waals surface area contributed by atoms with Crippen molar-refractivity contribution in [3.8, 4) is 0 Å². The highest BCUT2D eigenvalue weighted by molar-refractivity contribution is 7.99. The molecule has 1 aliphatic heterocycles. The van der Waals surface area contributed by atoms with Gasteiger partial charge in [-0.05, 0) is 42.6 Å². The Bertz CT molecular complexity index is 139. The second-order valence-corrected chi connectivity index (χ2v) is 5.76. The summed E-state index contributed by atoms with van der Waals surface area (Å²) in [5.41, 5.74) is 6.26. The molecule has 0 aromatic carbocycles. The zero-order valence-corrected chi connectivity index (χ0v) is 10.5. The van der Waals surface area contributed by atoms with E-state index < -0.39 is 0 Å². The Hall–Kier alpha value is 0.310. The molecule has 84 valence electrons. The van der Waals surface area contributed by atoms with Crippen molar-refractivity contribution in [1.82, 2.24) is 0 Å². The van der Waals surface area contributed by atoms with E-state index >= 15 is 0 Å². The molecular formula is C12H25NS. The lowest BCUT2D eigenvalue weighted by atomic mass is 9.85. The monoisotopic (exact) mass is 215 g/mol. The lowest BCUT2D eigenvalue weighted by Gasteiger charge is -2.28. The number of hydrogen-bond acceptors (Lipinski definition) is 2. The molecule has 14 heavy (non-hydrogen) atoms. The number of thioether (sulfide) groups is 1. The van der Waals surface area contributed by atoms with Gasteiger partial charge in [0.1, 0.15) is 0 Å². The van der Waals surface area contributed by atoms with Gasteiger partial charge in [0.05, 0.1) is 0 Å². The summed E-state index contributed by atoms with van der Waals surface area (Å²) in [6, 6.07) is 0.457. The first kappa shape index (κ1) is 12.4. The van der Waals surface area contributed by atoms with E-state index in [1.807, 2.05) is 0 Å². The molecule has 0 amide bonds. The molecular weight excluding hydrogens is 190 g/mol. The molecule has 0 bridgehead atoms. The smallest absolute Gasteiger partial charge is 0.00696 e. The third kappa shape index (κ3) is 3.82. The van der Waals surface area contributed by atoms with Crippen LogP contribution >= 0.6 is 11.8 Å². The van der Waals surface area contributed by atoms with Gasteiger partial charge in [0, 0.05) is 6.04 Å². The first-order chi connectivity index (χ1) is 6.77. The molecule has 1 saturated heterocycles. The molecule has 2 N–H and O–H groups in total. The molecule has 1 atom stereocenters. The summed E-state index contributed by atoms with van der Waals surface area (Å²) < 4.78 is 0. The van der Waals surface area contributed by atoms with Crippen LogP contribution in [-0.4, -0.2) is 17.5 Å². The molecule has 0 radical (unpaired) electrons. The maximum Gasteiger partial charge on any atom is 0.00696 e. The molecule has 0 aliphatic carbocycles. The lowest BCUT2D eigenvalue weighted by molar-refractivity contribution is 0.314. The van der Waals surface area contributed by atoms with E-state index in [1.54, 1.807) is 0 Å². The molecule has 0 aromatic rings. The highest BCUT2D eigenvalue weighted by Crippen LogP contribution is 2.28. The van der Waals surface area contributed by atoms with Crippen molar-refractivity contribution >= 4 is 11.8 Å². The van der Waals surface area contributed by atoms with E-state index in [0.717, 1.165) is 11.8 Å². The molecule has 1 nitrogen and oxygen atoms in total. The summed E-state index contributed by atoms with van der Waals surface area (Å²) in [6.07, 6.45) is 6.57. The molecule has 0 saturated carbocycles. The minimum absolute atomic E-state index is 0.457. The van der Waals surface area contributed by atoms with Gasteiger partial charge in [-0.1, -0.05) is 26.7 Å². The molecule has 1 rings (SSSR count). The van der Waals surface area contributed by atoms with Gasteiger partial charge in [0.25, 0.3) is 0 Å². The minimum atomic E-state index is 0.457. The van der Waals surface area contributed by atoms with Crippen LogP contribution in [0.5, 0.6) is 0 Å². The second-order valence-electron chi connectivity index (χ2n) is 4.53. The summed E-state index contributed by atoms with van der Waals surface area (Å²) in [6.45, 7) is 4.54. The summed E-state index contributed by atoms with van der Waals surface area (Å²) in [7, 11) is 0. The zero-order chi connectivity index (χ0) is 10.4. The van der Waals surface area contributed by atoms with Crippen LogP contribution in [0.1, 0.15) is 46.0 Å². The summed E-state index contributed by atoms with van der Waals surface area (Å²) >= 11 is 2.10. The normalized spacial score (nSPS) is 21.4. The van der Waals surface area contributed by atoms with E-state index in [9.17, 15) is 0 Å². The Labute approximate surface area is 93.2 Å². The summed E-state index contributed by atoms with van der Waals surface area (Å²) in [4.78, 5) is 0. The minimum Gasteiger partial charge on any atom is -0.327 e. The van der Waals surface area contributed by atoms with E-state index in [1.165, 1.54) is 43.6 Å². The number of hydrogen-bond donors (Lipinski definition) is 1. The highest BCUT2D eigenvalue weighted by Gasteiger charge is 2.20. The van der Waals surface area contributed by atoms with E-state index in [0.29, 0.717) is 6.04 Å². The molecule has 2 heteroatoms. The van der Waals surface area contributed by atoms with Crippen LogP contribution in [0.3, 0.4) is 0 Å². The van der Waals surface area contributed by atoms with Crippen LogP contribution < -0.4 is 5.73 Å². The van der Waals surface area contributed by atoms with Crippen LogP contribution in [0.2, 0.25) is 0 Å². The number of nitrogens with two attached hydrogens (primary N) is 1. The fourth-order valence-corrected chi connectivity index (χ4v) is 3.66. The molecule has 1 aliphatic rings. The van der Waals surface area contributed by atoms with E-state index in [2.05, 4.69) is 25.6 Å². The number of rotatable bonds is 5. The molecule has 1 unspecified atom stereocenters. The van der Waals surface area contributed by atoms with Gasteiger partial charge in [-0.2, -0.15) is 11.8 Å². The third-order valence-corrected chi connectivity index (χ3v) is 4.65. The van der Waals surface area contributed by atoms with Crippen molar-refractivity contribution in [1.29, 1.82) is 0 Å². The lowest BCUT2D eigenvalue weighted by Crippen LogP contribution is -2.32. The Morgan fingerprint density at radius 1 is 1.21 bits per heavy atom. The highest BCUT2D eigenvalue weighted by atomic mass is 32.2. The quantitative estimate of drug-likeness (QED) is 0.761. The third-order valence-electron chi connectivity index (χ3n) is 3.60. The van der Waals surface area contributed by atoms with Crippen LogP contribution in [0.25, 0.3) is 0 Å². The fraction of sp³-hybridized carbons (Fsp3) is 1.00. The molecule has 0 spiro atoms. The van der Waals surface area contributed by atoms with Gasteiger partial charge in [-0.25, -0.2) is 0 Å². The van der Waals surface area contributed by atoms with Gasteiger partial charge >= 0.3 is 0 Å². The maximum absolute atomic E-state index is 6.26. The predicted octanol–water partition coefficient (Wildman–Crippen LogP) is 3.28. The van der Waals surface area contributed by atoms with Crippen LogP contribution in [0.15, 0.2) is 0 Å². The van der Waals surface area contributed by atoms with E-state index in [-0.39, 0.29) is 0 Å². The Kier molecular flexibility index (Phi) is 5.95. The molecule has 0 aromatic heterocycles. The van der Waals surface area contributed by atoms with Crippen molar-refractivity contribution in [3.05, 3.63) is 0 Å². The standard InChI is InChI=1S/C12H25NS/c1-3-11(4-2)12(13)9-10-5-7-14-8-6-10/h10-12H,3-9,13H2,1-2H3. The van der Waals surface area contributed by atoms with Gasteiger partial charge in [-0.15, -0.1) is 0 Å². The first-order valence-corrected chi connectivity index (χ1v) is 7.26. The fourth-order valence-electron chi connectivity index (χ4n) is 2.45. The van der Waals surface area contributed by atoms with E-state index in [4.69, 9.17) is 5.73 Å². The van der Waals surface area contributed by atoms with Crippen molar-refractivity contribution in [2.75, 3.05) is 11.5 Å². The molecule has 1 fully saturated rings. The van der Waals surface area contributed by atoms with Gasteiger partial charge < -0.3 is 5.73 Å². The summed E-state index contributed by atoms with van der Waals surface area (Å²) in [5.74, 6) is 4.40. The van der Waals surface area contributed by atoms with Crippen LogP contribution in [-0.2, 0) is 0 Å². The van der Waals surface area contributed by atoms with Crippen LogP contribution in [0.4, 0.5) is 0 Å². The van der Waals surface area contributed by atoms with Crippen molar-refractivity contribution in [3.63, 3.8) is 0 Å². The van der Waals surface area contributed by atoms with Crippen molar-refractivity contribution < 1.29 is 0 Å². The topological polar surface area (TPSA) is 26.0 Å². The largest absolute Gasteiger partial charge is 0.327 e. The predicted molar refractivity (Wildman–Crippen MR) is 66.7 cm³/mol. The Morgan fingerprint density at radius 3 is 2.29 bits per heavy atom. The summed E-state index contributed by atoms with van der Waals surface area (Å²) in [5, 5.41) is 0. The van der Waals surface area contributed by atoms with Gasteiger partial charge in [-0.3, -0.25) is 0 Å². The van der Waals surface area contributed by atoms with Crippen molar-refractivity contribution in [2.45, 2.75) is 52.0 Å². The zero-order valence-electron chi connectivity index (χ0n) is 9.67. The maximum atomic E-state index is 6.26. The first-order valence-electron chi connectivity index (χ1n) is 6.11. The average molecular weight is 215 g/mol. The Morgan fingerprint density at radius 2 is 1.79 bits per heavy atom. The van der Waals surface area contributed by atoms with Crippen molar-refractivity contribution in [2.24, 2.45) is 17.6 Å². The van der Waals surface area contributed by atoms with Gasteiger partial charge in [0.15, 0.2) is 0 Å². The van der Waals surface area contributed by atoms with Gasteiger partial charge in [0.2, 0.25) is 0 Å². The SMILES string of the molecule is CCC(CC)C(N)CC1CCSCC1. The molecule has 1 heterocycles. The Balaban J connectivity index is 2.26. The second kappa shape index (κ2) is 6.73. The average Bonchev–Trinajstić information content (AvgIpc) is 2.21. The van der Waals surface area contributed by atoms with Crippen LogP contribution in [0, 0.1) is 11.8 Å².